The Bertz CT molecular complexity index is 653. The van der Waals surface area contributed by atoms with Crippen molar-refractivity contribution in [2.24, 2.45) is 5.92 Å². The van der Waals surface area contributed by atoms with Gasteiger partial charge in [0.25, 0.3) is 6.47 Å². The highest BCUT2D eigenvalue weighted by Gasteiger charge is 2.54. The monoisotopic (exact) mass is 336 g/mol. The molecule has 1 aromatic rings. The van der Waals surface area contributed by atoms with E-state index >= 15 is 0 Å². The number of fused-ring (bicyclic) bond motifs is 1. The Labute approximate surface area is 138 Å². The van der Waals surface area contributed by atoms with E-state index in [9.17, 15) is 9.59 Å². The van der Waals surface area contributed by atoms with Gasteiger partial charge in [0.2, 0.25) is 5.91 Å². The molecule has 3 aliphatic rings. The minimum atomic E-state index is -0.250. The van der Waals surface area contributed by atoms with E-state index in [0.717, 1.165) is 18.7 Å². The number of hydrogen-bond acceptors (Lipinski definition) is 5. The Morgan fingerprint density at radius 1 is 1.50 bits per heavy atom. The van der Waals surface area contributed by atoms with Gasteiger partial charge >= 0.3 is 6.03 Å². The predicted molar refractivity (Wildman–Crippen MR) is 81.0 cm³/mol. The van der Waals surface area contributed by atoms with Crippen LogP contribution in [-0.4, -0.2) is 80.3 Å². The zero-order valence-corrected chi connectivity index (χ0v) is 13.4. The third kappa shape index (κ3) is 2.57. The number of carbonyl (C=O) groups is 3. The average molecular weight is 336 g/mol. The van der Waals surface area contributed by atoms with Crippen molar-refractivity contribution < 1.29 is 19.5 Å². The van der Waals surface area contributed by atoms with Gasteiger partial charge in [0.15, 0.2) is 0 Å². The first-order valence-electron chi connectivity index (χ1n) is 7.76. The number of urea groups is 1. The first-order valence-corrected chi connectivity index (χ1v) is 7.76. The predicted octanol–water partition coefficient (Wildman–Crippen LogP) is -1.22. The number of aromatic nitrogens is 3. The minimum Gasteiger partial charge on any atom is -0.483 e. The second-order valence-corrected chi connectivity index (χ2v) is 6.34. The van der Waals surface area contributed by atoms with E-state index in [-0.39, 0.29) is 29.9 Å². The van der Waals surface area contributed by atoms with Crippen LogP contribution in [0.4, 0.5) is 4.79 Å². The van der Waals surface area contributed by atoms with Gasteiger partial charge in [-0.05, 0) is 6.42 Å². The van der Waals surface area contributed by atoms with E-state index < -0.39 is 0 Å². The summed E-state index contributed by atoms with van der Waals surface area (Å²) in [4.78, 5) is 40.3. The van der Waals surface area contributed by atoms with Crippen LogP contribution in [0, 0.1) is 5.92 Å². The fraction of sp³-hybridized carbons (Fsp3) is 0.643. The molecule has 1 atom stereocenters. The van der Waals surface area contributed by atoms with Gasteiger partial charge in [-0.25, -0.2) is 14.5 Å². The van der Waals surface area contributed by atoms with Gasteiger partial charge in [0, 0.05) is 33.1 Å². The van der Waals surface area contributed by atoms with Crippen LogP contribution < -0.4 is 5.32 Å². The number of nitrogens with zero attached hydrogens (tertiary/aromatic N) is 5. The van der Waals surface area contributed by atoms with Gasteiger partial charge in [-0.2, -0.15) is 5.10 Å². The normalized spacial score (nSPS) is 23.7. The van der Waals surface area contributed by atoms with Crippen molar-refractivity contribution in [2.75, 3.05) is 26.7 Å². The zero-order valence-electron chi connectivity index (χ0n) is 13.4. The highest BCUT2D eigenvalue weighted by atomic mass is 16.3. The molecule has 0 radical (unpaired) electrons. The molecule has 24 heavy (non-hydrogen) atoms. The summed E-state index contributed by atoms with van der Waals surface area (Å²) >= 11 is 0. The molecule has 4 heterocycles. The molecule has 2 fully saturated rings. The van der Waals surface area contributed by atoms with Crippen molar-refractivity contribution in [3.05, 3.63) is 12.2 Å². The number of hydrogen-bond donors (Lipinski definition) is 2. The first kappa shape index (κ1) is 16.2. The highest BCUT2D eigenvalue weighted by molar-refractivity contribution is 5.82. The van der Waals surface area contributed by atoms with E-state index in [1.165, 1.54) is 0 Å². The minimum absolute atomic E-state index is 0.0214. The van der Waals surface area contributed by atoms with Crippen molar-refractivity contribution in [3.8, 4) is 0 Å². The van der Waals surface area contributed by atoms with E-state index in [1.807, 2.05) is 9.58 Å². The summed E-state index contributed by atoms with van der Waals surface area (Å²) < 4.78 is 1.83. The van der Waals surface area contributed by atoms with Gasteiger partial charge in [-0.15, -0.1) is 0 Å². The van der Waals surface area contributed by atoms with Gasteiger partial charge < -0.3 is 20.2 Å². The van der Waals surface area contributed by atoms with E-state index in [1.54, 1.807) is 18.3 Å². The lowest BCUT2D eigenvalue weighted by Crippen LogP contribution is -2.71. The molecule has 1 aromatic heterocycles. The summed E-state index contributed by atoms with van der Waals surface area (Å²) in [5, 5.41) is 13.9. The molecule has 0 bridgehead atoms. The van der Waals surface area contributed by atoms with Crippen molar-refractivity contribution in [1.29, 1.82) is 0 Å². The van der Waals surface area contributed by atoms with E-state index in [0.29, 0.717) is 26.2 Å². The molecule has 10 heteroatoms. The maximum absolute atomic E-state index is 12.6. The van der Waals surface area contributed by atoms with Crippen LogP contribution in [0.2, 0.25) is 0 Å². The molecule has 2 N–H and O–H groups in total. The van der Waals surface area contributed by atoms with Crippen LogP contribution in [0.15, 0.2) is 6.33 Å². The van der Waals surface area contributed by atoms with Gasteiger partial charge in [-0.3, -0.25) is 9.59 Å². The second-order valence-electron chi connectivity index (χ2n) is 6.34. The van der Waals surface area contributed by atoms with E-state index in [2.05, 4.69) is 15.4 Å². The van der Waals surface area contributed by atoms with Crippen molar-refractivity contribution in [2.45, 2.75) is 24.9 Å². The molecule has 3 amide bonds. The van der Waals surface area contributed by atoms with Gasteiger partial charge in [0.05, 0.1) is 18.0 Å². The standard InChI is InChI=1S/C13H18N6O2.CH2O2/c1-17-12(21)14-5-13(17)6-18(7-13)11(20)9-2-3-10-15-8-16-19(10)4-9;2-1-3/h8-9H,2-7H2,1H3,(H,14,21);1H,(H,2,3). The molecule has 1 unspecified atom stereocenters. The molecule has 0 saturated carbocycles. The summed E-state index contributed by atoms with van der Waals surface area (Å²) in [5.74, 6) is 1.12. The molecule has 10 nitrogen and oxygen atoms in total. The van der Waals surface area contributed by atoms with Gasteiger partial charge in [-0.1, -0.05) is 0 Å². The third-order valence-electron chi connectivity index (χ3n) is 5.02. The van der Waals surface area contributed by atoms with Crippen LogP contribution in [0.5, 0.6) is 0 Å². The maximum Gasteiger partial charge on any atom is 0.317 e. The van der Waals surface area contributed by atoms with Crippen molar-refractivity contribution >= 4 is 18.4 Å². The highest BCUT2D eigenvalue weighted by Crippen LogP contribution is 2.32. The zero-order chi connectivity index (χ0) is 17.3. The summed E-state index contributed by atoms with van der Waals surface area (Å²) in [7, 11) is 1.80. The number of aryl methyl sites for hydroxylation is 1. The Hall–Kier alpha value is -2.65. The Kier molecular flexibility index (Phi) is 4.12. The Balaban J connectivity index is 0.000000526. The lowest BCUT2D eigenvalue weighted by molar-refractivity contribution is -0.147. The number of carboxylic acid groups (broad SMARTS) is 1. The number of amides is 3. The van der Waals surface area contributed by atoms with Crippen LogP contribution in [0.3, 0.4) is 0 Å². The van der Waals surface area contributed by atoms with Crippen molar-refractivity contribution in [3.63, 3.8) is 0 Å². The number of likely N-dealkylation sites (N-methyl/N-ethyl adjacent to an activating group) is 1. The number of likely N-dealkylation sites (tertiary alicyclic amines) is 1. The molecule has 0 aliphatic carbocycles. The Morgan fingerprint density at radius 2 is 2.21 bits per heavy atom. The lowest BCUT2D eigenvalue weighted by Gasteiger charge is -2.51. The molecule has 0 aromatic carbocycles. The summed E-state index contributed by atoms with van der Waals surface area (Å²) in [6.07, 6.45) is 3.18. The number of nitrogens with one attached hydrogen (secondary N) is 1. The molecule has 4 rings (SSSR count). The summed E-state index contributed by atoms with van der Waals surface area (Å²) in [6, 6.07) is -0.0491. The molecule has 3 aliphatic heterocycles. The molecule has 130 valence electrons. The molecular formula is C14H20N6O4. The Morgan fingerprint density at radius 3 is 2.83 bits per heavy atom. The molecule has 2 saturated heterocycles. The summed E-state index contributed by atoms with van der Waals surface area (Å²) in [6.45, 7) is 2.25. The number of rotatable bonds is 1. The molecular weight excluding hydrogens is 316 g/mol. The average Bonchev–Trinajstić information content (AvgIpc) is 3.11. The third-order valence-corrected chi connectivity index (χ3v) is 5.02. The smallest absolute Gasteiger partial charge is 0.317 e. The maximum atomic E-state index is 12.6. The lowest BCUT2D eigenvalue weighted by atomic mass is 9.87. The van der Waals surface area contributed by atoms with E-state index in [4.69, 9.17) is 9.90 Å². The SMILES string of the molecule is CN1C(=O)NCC12CN(C(=O)C1CCc3ncnn3C1)C2.O=CO. The fourth-order valence-corrected chi connectivity index (χ4v) is 3.53. The van der Waals surface area contributed by atoms with Gasteiger partial charge in [0.1, 0.15) is 12.2 Å². The number of carbonyl (C=O) groups excluding carboxylic acids is 2. The summed E-state index contributed by atoms with van der Waals surface area (Å²) in [5.41, 5.74) is -0.195. The molecule has 1 spiro atoms. The fourth-order valence-electron chi connectivity index (χ4n) is 3.53. The van der Waals surface area contributed by atoms with Crippen LogP contribution >= 0.6 is 0 Å². The van der Waals surface area contributed by atoms with Crippen LogP contribution in [-0.2, 0) is 22.6 Å². The van der Waals surface area contributed by atoms with Crippen LogP contribution in [0.25, 0.3) is 0 Å². The van der Waals surface area contributed by atoms with Crippen LogP contribution in [0.1, 0.15) is 12.2 Å². The first-order chi connectivity index (χ1) is 11.5. The quantitative estimate of drug-likeness (QED) is 0.620. The van der Waals surface area contributed by atoms with Crippen molar-refractivity contribution in [1.82, 2.24) is 29.9 Å². The largest absolute Gasteiger partial charge is 0.483 e. The second kappa shape index (κ2) is 6.10. The topological polar surface area (TPSA) is 121 Å².